The standard InChI is InChI=1S/C16H21NO2/c18-15-7-9-17(10-8-15)16(19)14-6-5-12-3-1-2-4-13(12)11-14/h1-4,14-15,18H,5-11H2. The lowest BCUT2D eigenvalue weighted by Gasteiger charge is -2.34. The monoisotopic (exact) mass is 259 g/mol. The number of fused-ring (bicyclic) bond motifs is 1. The molecule has 102 valence electrons. The zero-order chi connectivity index (χ0) is 13.2. The molecule has 0 saturated carbocycles. The van der Waals surface area contributed by atoms with Crippen LogP contribution in [0.4, 0.5) is 0 Å². The number of carbonyl (C=O) groups is 1. The highest BCUT2D eigenvalue weighted by molar-refractivity contribution is 5.79. The minimum atomic E-state index is -0.212. The third kappa shape index (κ3) is 2.66. The Morgan fingerprint density at radius 3 is 2.53 bits per heavy atom. The van der Waals surface area contributed by atoms with Gasteiger partial charge in [-0.15, -0.1) is 0 Å². The topological polar surface area (TPSA) is 40.5 Å². The van der Waals surface area contributed by atoms with E-state index in [1.165, 1.54) is 11.1 Å². The van der Waals surface area contributed by atoms with Crippen molar-refractivity contribution in [1.29, 1.82) is 0 Å². The molecule has 1 unspecified atom stereocenters. The number of aryl methyl sites for hydroxylation is 1. The van der Waals surface area contributed by atoms with Crippen molar-refractivity contribution in [2.24, 2.45) is 5.92 Å². The predicted octanol–water partition coefficient (Wildman–Crippen LogP) is 1.77. The molecule has 1 aliphatic carbocycles. The van der Waals surface area contributed by atoms with E-state index in [9.17, 15) is 9.90 Å². The van der Waals surface area contributed by atoms with Crippen molar-refractivity contribution in [2.45, 2.75) is 38.2 Å². The molecule has 3 heteroatoms. The number of carbonyl (C=O) groups excluding carboxylic acids is 1. The molecule has 2 aliphatic rings. The molecule has 19 heavy (non-hydrogen) atoms. The fourth-order valence-electron chi connectivity index (χ4n) is 3.25. The van der Waals surface area contributed by atoms with E-state index >= 15 is 0 Å². The van der Waals surface area contributed by atoms with Gasteiger partial charge < -0.3 is 10.0 Å². The maximum Gasteiger partial charge on any atom is 0.226 e. The van der Waals surface area contributed by atoms with Crippen LogP contribution < -0.4 is 0 Å². The molecular formula is C16H21NO2. The molecule has 3 nitrogen and oxygen atoms in total. The Hall–Kier alpha value is -1.35. The number of amides is 1. The van der Waals surface area contributed by atoms with Crippen molar-refractivity contribution >= 4 is 5.91 Å². The van der Waals surface area contributed by atoms with Gasteiger partial charge in [0, 0.05) is 19.0 Å². The van der Waals surface area contributed by atoms with Crippen LogP contribution in [-0.4, -0.2) is 35.1 Å². The van der Waals surface area contributed by atoms with Crippen LogP contribution in [0.3, 0.4) is 0 Å². The molecule has 0 bridgehead atoms. The van der Waals surface area contributed by atoms with Gasteiger partial charge in [-0.3, -0.25) is 4.79 Å². The molecule has 0 spiro atoms. The van der Waals surface area contributed by atoms with E-state index in [-0.39, 0.29) is 12.0 Å². The van der Waals surface area contributed by atoms with Crippen LogP contribution in [0.1, 0.15) is 30.4 Å². The zero-order valence-corrected chi connectivity index (χ0v) is 11.2. The molecule has 1 saturated heterocycles. The Morgan fingerprint density at radius 2 is 1.79 bits per heavy atom. The van der Waals surface area contributed by atoms with Crippen molar-refractivity contribution in [3.8, 4) is 0 Å². The van der Waals surface area contributed by atoms with Crippen molar-refractivity contribution in [1.82, 2.24) is 4.90 Å². The lowest BCUT2D eigenvalue weighted by molar-refractivity contribution is -0.137. The van der Waals surface area contributed by atoms with E-state index in [1.807, 2.05) is 4.90 Å². The molecule has 1 fully saturated rings. The minimum absolute atomic E-state index is 0.144. The van der Waals surface area contributed by atoms with Gasteiger partial charge in [-0.1, -0.05) is 24.3 Å². The molecule has 1 atom stereocenters. The fraction of sp³-hybridized carbons (Fsp3) is 0.562. The zero-order valence-electron chi connectivity index (χ0n) is 11.2. The first-order chi connectivity index (χ1) is 9.24. The Bertz CT molecular complexity index is 464. The van der Waals surface area contributed by atoms with Gasteiger partial charge in [0.1, 0.15) is 0 Å². The number of rotatable bonds is 1. The third-order valence-corrected chi connectivity index (χ3v) is 4.47. The smallest absolute Gasteiger partial charge is 0.226 e. The summed E-state index contributed by atoms with van der Waals surface area (Å²) in [6.45, 7) is 1.44. The van der Waals surface area contributed by atoms with Gasteiger partial charge in [0.25, 0.3) is 0 Å². The summed E-state index contributed by atoms with van der Waals surface area (Å²) in [5.41, 5.74) is 2.74. The van der Waals surface area contributed by atoms with Gasteiger partial charge in [0.2, 0.25) is 5.91 Å². The first-order valence-corrected chi connectivity index (χ1v) is 7.27. The van der Waals surface area contributed by atoms with Crippen LogP contribution in [0.15, 0.2) is 24.3 Å². The van der Waals surface area contributed by atoms with Crippen LogP contribution in [0, 0.1) is 5.92 Å². The first-order valence-electron chi connectivity index (χ1n) is 7.27. The number of piperidine rings is 1. The second-order valence-electron chi connectivity index (χ2n) is 5.76. The van der Waals surface area contributed by atoms with Crippen molar-refractivity contribution in [2.75, 3.05) is 13.1 Å². The first kappa shape index (κ1) is 12.7. The number of nitrogens with zero attached hydrogens (tertiary/aromatic N) is 1. The van der Waals surface area contributed by atoms with Gasteiger partial charge in [-0.05, 0) is 43.2 Å². The summed E-state index contributed by atoms with van der Waals surface area (Å²) in [5, 5.41) is 9.51. The largest absolute Gasteiger partial charge is 0.393 e. The van der Waals surface area contributed by atoms with E-state index in [2.05, 4.69) is 24.3 Å². The number of aliphatic hydroxyl groups is 1. The normalized spacial score (nSPS) is 24.1. The second-order valence-corrected chi connectivity index (χ2v) is 5.76. The Morgan fingerprint density at radius 1 is 1.11 bits per heavy atom. The highest BCUT2D eigenvalue weighted by Crippen LogP contribution is 2.27. The summed E-state index contributed by atoms with van der Waals surface area (Å²) >= 11 is 0. The number of aliphatic hydroxyl groups excluding tert-OH is 1. The molecule has 0 aromatic heterocycles. The van der Waals surface area contributed by atoms with E-state index < -0.39 is 0 Å². The SMILES string of the molecule is O=C(C1CCc2ccccc2C1)N1CCC(O)CC1. The Kier molecular flexibility index (Phi) is 3.56. The predicted molar refractivity (Wildman–Crippen MR) is 73.8 cm³/mol. The van der Waals surface area contributed by atoms with E-state index in [4.69, 9.17) is 0 Å². The van der Waals surface area contributed by atoms with Gasteiger partial charge in [0.15, 0.2) is 0 Å². The van der Waals surface area contributed by atoms with Crippen LogP contribution in [0.2, 0.25) is 0 Å². The van der Waals surface area contributed by atoms with Gasteiger partial charge in [-0.25, -0.2) is 0 Å². The van der Waals surface area contributed by atoms with Crippen LogP contribution in [-0.2, 0) is 17.6 Å². The number of hydrogen-bond acceptors (Lipinski definition) is 2. The second kappa shape index (κ2) is 5.33. The lowest BCUT2D eigenvalue weighted by atomic mass is 9.83. The van der Waals surface area contributed by atoms with Crippen molar-refractivity contribution in [3.05, 3.63) is 35.4 Å². The van der Waals surface area contributed by atoms with Crippen molar-refractivity contribution < 1.29 is 9.90 Å². The molecule has 1 aliphatic heterocycles. The maximum absolute atomic E-state index is 12.5. The summed E-state index contributed by atoms with van der Waals surface area (Å²) in [4.78, 5) is 14.5. The van der Waals surface area contributed by atoms with E-state index in [0.29, 0.717) is 5.91 Å². The van der Waals surface area contributed by atoms with Crippen LogP contribution in [0.25, 0.3) is 0 Å². The quantitative estimate of drug-likeness (QED) is 0.835. The van der Waals surface area contributed by atoms with Crippen LogP contribution >= 0.6 is 0 Å². The number of likely N-dealkylation sites (tertiary alicyclic amines) is 1. The average Bonchev–Trinajstić information content (AvgIpc) is 2.47. The molecular weight excluding hydrogens is 238 g/mol. The highest BCUT2D eigenvalue weighted by Gasteiger charge is 2.30. The van der Waals surface area contributed by atoms with Gasteiger partial charge in [-0.2, -0.15) is 0 Å². The number of hydrogen-bond donors (Lipinski definition) is 1. The summed E-state index contributed by atoms with van der Waals surface area (Å²) in [7, 11) is 0. The molecule has 1 amide bonds. The fourth-order valence-corrected chi connectivity index (χ4v) is 3.25. The molecule has 0 radical (unpaired) electrons. The summed E-state index contributed by atoms with van der Waals surface area (Å²) in [6.07, 6.45) is 4.12. The maximum atomic E-state index is 12.5. The van der Waals surface area contributed by atoms with Gasteiger partial charge >= 0.3 is 0 Å². The molecule has 1 heterocycles. The molecule has 1 aromatic carbocycles. The number of benzene rings is 1. The summed E-state index contributed by atoms with van der Waals surface area (Å²) in [5.74, 6) is 0.437. The lowest BCUT2D eigenvalue weighted by Crippen LogP contribution is -2.44. The van der Waals surface area contributed by atoms with E-state index in [1.54, 1.807) is 0 Å². The highest BCUT2D eigenvalue weighted by atomic mass is 16.3. The molecule has 1 aromatic rings. The van der Waals surface area contributed by atoms with E-state index in [0.717, 1.165) is 45.2 Å². The minimum Gasteiger partial charge on any atom is -0.393 e. The molecule has 3 rings (SSSR count). The third-order valence-electron chi connectivity index (χ3n) is 4.47. The van der Waals surface area contributed by atoms with Crippen molar-refractivity contribution in [3.63, 3.8) is 0 Å². The Labute approximate surface area is 114 Å². The average molecular weight is 259 g/mol. The summed E-state index contributed by atoms with van der Waals surface area (Å²) in [6, 6.07) is 8.46. The van der Waals surface area contributed by atoms with Gasteiger partial charge in [0.05, 0.1) is 6.10 Å². The summed E-state index contributed by atoms with van der Waals surface area (Å²) < 4.78 is 0. The Balaban J connectivity index is 1.66. The van der Waals surface area contributed by atoms with Crippen LogP contribution in [0.5, 0.6) is 0 Å². The molecule has 1 N–H and O–H groups in total.